The van der Waals surface area contributed by atoms with E-state index in [1.54, 1.807) is 7.11 Å². The number of rotatable bonds is 12. The van der Waals surface area contributed by atoms with Crippen molar-refractivity contribution in [3.63, 3.8) is 0 Å². The van der Waals surface area contributed by atoms with Gasteiger partial charge >= 0.3 is 0 Å². The Morgan fingerprint density at radius 1 is 1.00 bits per heavy atom. The highest BCUT2D eigenvalue weighted by atomic mass is 28.2. The number of hydrogen-bond donors (Lipinski definition) is 1. The summed E-state index contributed by atoms with van der Waals surface area (Å²) in [4.78, 5) is 0. The van der Waals surface area contributed by atoms with E-state index in [2.05, 4.69) is 6.92 Å². The topological polar surface area (TPSA) is 35.2 Å². The summed E-state index contributed by atoms with van der Waals surface area (Å²) in [6.07, 6.45) is 11.9. The van der Waals surface area contributed by atoms with Crippen LogP contribution < -0.4 is 5.73 Å². The van der Waals surface area contributed by atoms with Gasteiger partial charge < -0.3 is 10.2 Å². The second-order valence-electron chi connectivity index (χ2n) is 4.53. The van der Waals surface area contributed by atoms with Crippen molar-refractivity contribution in [3.8, 4) is 0 Å². The van der Waals surface area contributed by atoms with Gasteiger partial charge in [0.25, 0.3) is 0 Å². The Hall–Kier alpha value is 0.137. The zero-order chi connectivity index (χ0) is 12.1. The van der Waals surface area contributed by atoms with Crippen LogP contribution in [0.4, 0.5) is 0 Å². The molecule has 0 spiro atoms. The SMILES string of the molecule is CCC(N)CCCCCCCCC[Si]OC. The van der Waals surface area contributed by atoms with Gasteiger partial charge in [0, 0.05) is 13.2 Å². The molecule has 0 aromatic carbocycles. The van der Waals surface area contributed by atoms with Crippen LogP contribution in [0.5, 0.6) is 0 Å². The zero-order valence-corrected chi connectivity index (χ0v) is 12.1. The summed E-state index contributed by atoms with van der Waals surface area (Å²) in [6.45, 7) is 2.17. The van der Waals surface area contributed by atoms with Gasteiger partial charge in [-0.05, 0) is 18.9 Å². The molecule has 0 bridgehead atoms. The van der Waals surface area contributed by atoms with Crippen LogP contribution in [0.1, 0.15) is 64.7 Å². The van der Waals surface area contributed by atoms with E-state index in [-0.39, 0.29) is 0 Å². The molecule has 0 heterocycles. The van der Waals surface area contributed by atoms with Gasteiger partial charge in [0.15, 0.2) is 0 Å². The fraction of sp³-hybridized carbons (Fsp3) is 1.00. The largest absolute Gasteiger partial charge is 0.421 e. The van der Waals surface area contributed by atoms with Crippen LogP contribution in [0.3, 0.4) is 0 Å². The summed E-state index contributed by atoms with van der Waals surface area (Å²) in [5.41, 5.74) is 5.87. The van der Waals surface area contributed by atoms with E-state index in [9.17, 15) is 0 Å². The Morgan fingerprint density at radius 2 is 1.56 bits per heavy atom. The quantitative estimate of drug-likeness (QED) is 0.420. The zero-order valence-electron chi connectivity index (χ0n) is 11.1. The first-order valence-electron chi connectivity index (χ1n) is 6.82. The predicted octanol–water partition coefficient (Wildman–Crippen LogP) is 3.53. The fourth-order valence-electron chi connectivity index (χ4n) is 1.79. The van der Waals surface area contributed by atoms with Crippen LogP contribution in [-0.2, 0) is 4.43 Å². The Balaban J connectivity index is 2.93. The standard InChI is InChI=1S/C13H29NOSi/c1-3-13(14)11-9-7-5-4-6-8-10-12-16-15-2/h13H,3-12,14H2,1-2H3. The molecule has 3 heteroatoms. The highest BCUT2D eigenvalue weighted by molar-refractivity contribution is 6.26. The molecule has 0 saturated carbocycles. The second kappa shape index (κ2) is 13.2. The molecule has 0 rings (SSSR count). The van der Waals surface area contributed by atoms with Crippen LogP contribution in [0.2, 0.25) is 6.04 Å². The molecule has 2 N–H and O–H groups in total. The lowest BCUT2D eigenvalue weighted by Gasteiger charge is -2.07. The monoisotopic (exact) mass is 243 g/mol. The van der Waals surface area contributed by atoms with Crippen molar-refractivity contribution in [2.75, 3.05) is 7.11 Å². The van der Waals surface area contributed by atoms with Crippen LogP contribution in [0.25, 0.3) is 0 Å². The molecule has 96 valence electrons. The second-order valence-corrected chi connectivity index (χ2v) is 5.73. The van der Waals surface area contributed by atoms with Gasteiger partial charge in [-0.25, -0.2) is 0 Å². The van der Waals surface area contributed by atoms with Gasteiger partial charge in [-0.2, -0.15) is 0 Å². The molecule has 1 atom stereocenters. The first kappa shape index (κ1) is 16.1. The average molecular weight is 243 g/mol. The van der Waals surface area contributed by atoms with E-state index in [4.69, 9.17) is 10.2 Å². The van der Waals surface area contributed by atoms with Crippen molar-refractivity contribution >= 4 is 9.76 Å². The lowest BCUT2D eigenvalue weighted by atomic mass is 10.0. The van der Waals surface area contributed by atoms with Gasteiger partial charge in [0.05, 0.1) is 0 Å². The van der Waals surface area contributed by atoms with Crippen molar-refractivity contribution < 1.29 is 4.43 Å². The predicted molar refractivity (Wildman–Crippen MR) is 72.8 cm³/mol. The number of nitrogens with two attached hydrogens (primary N) is 1. The molecular formula is C13H29NOSi. The molecular weight excluding hydrogens is 214 g/mol. The van der Waals surface area contributed by atoms with Crippen LogP contribution in [0, 0.1) is 0 Å². The smallest absolute Gasteiger partial charge is 0.229 e. The van der Waals surface area contributed by atoms with Gasteiger partial charge in [-0.15, -0.1) is 0 Å². The molecule has 0 saturated heterocycles. The third-order valence-corrected chi connectivity index (χ3v) is 3.87. The number of hydrogen-bond acceptors (Lipinski definition) is 2. The summed E-state index contributed by atoms with van der Waals surface area (Å²) in [6, 6.07) is 1.69. The van der Waals surface area contributed by atoms with Gasteiger partial charge in [-0.1, -0.05) is 51.9 Å². The molecule has 2 radical (unpaired) electrons. The molecule has 2 nitrogen and oxygen atoms in total. The van der Waals surface area contributed by atoms with E-state index in [0.717, 1.165) is 6.42 Å². The maximum atomic E-state index is 5.87. The van der Waals surface area contributed by atoms with Crippen LogP contribution in [0.15, 0.2) is 0 Å². The summed E-state index contributed by atoms with van der Waals surface area (Å²) >= 11 is 0. The lowest BCUT2D eigenvalue weighted by molar-refractivity contribution is 0.438. The summed E-state index contributed by atoms with van der Waals surface area (Å²) in [7, 11) is 2.50. The average Bonchev–Trinajstić information content (AvgIpc) is 2.31. The van der Waals surface area contributed by atoms with Crippen molar-refractivity contribution in [2.45, 2.75) is 76.8 Å². The first-order valence-corrected chi connectivity index (χ1v) is 7.94. The third kappa shape index (κ3) is 12.2. The third-order valence-electron chi connectivity index (χ3n) is 3.02. The fourth-order valence-corrected chi connectivity index (χ4v) is 2.39. The Labute approximate surface area is 104 Å². The van der Waals surface area contributed by atoms with Gasteiger partial charge in [0.1, 0.15) is 0 Å². The van der Waals surface area contributed by atoms with Gasteiger partial charge in [0.2, 0.25) is 9.76 Å². The van der Waals surface area contributed by atoms with E-state index in [1.807, 2.05) is 0 Å². The van der Waals surface area contributed by atoms with E-state index in [0.29, 0.717) is 15.8 Å². The molecule has 0 aliphatic carbocycles. The summed E-state index contributed by atoms with van der Waals surface area (Å²) < 4.78 is 5.05. The highest BCUT2D eigenvalue weighted by Gasteiger charge is 1.98. The molecule has 0 fully saturated rings. The maximum absolute atomic E-state index is 5.87. The number of unbranched alkanes of at least 4 members (excludes halogenated alkanes) is 6. The van der Waals surface area contributed by atoms with Crippen molar-refractivity contribution in [1.29, 1.82) is 0 Å². The molecule has 16 heavy (non-hydrogen) atoms. The maximum Gasteiger partial charge on any atom is 0.229 e. The minimum absolute atomic E-state index is 0.440. The minimum atomic E-state index is 0.440. The van der Waals surface area contributed by atoms with E-state index in [1.165, 1.54) is 57.4 Å². The van der Waals surface area contributed by atoms with Gasteiger partial charge in [-0.3, -0.25) is 0 Å². The van der Waals surface area contributed by atoms with Crippen molar-refractivity contribution in [3.05, 3.63) is 0 Å². The summed E-state index contributed by atoms with van der Waals surface area (Å²) in [5.74, 6) is 0. The molecule has 0 amide bonds. The van der Waals surface area contributed by atoms with Crippen LogP contribution in [-0.4, -0.2) is 22.9 Å². The van der Waals surface area contributed by atoms with Crippen molar-refractivity contribution in [2.24, 2.45) is 5.73 Å². The Kier molecular flexibility index (Phi) is 13.3. The highest BCUT2D eigenvalue weighted by Crippen LogP contribution is 2.10. The molecule has 1 unspecified atom stereocenters. The molecule has 0 aromatic rings. The lowest BCUT2D eigenvalue weighted by Crippen LogP contribution is -2.17. The minimum Gasteiger partial charge on any atom is -0.421 e. The Morgan fingerprint density at radius 3 is 2.12 bits per heavy atom. The molecule has 0 aliphatic heterocycles. The van der Waals surface area contributed by atoms with Crippen LogP contribution >= 0.6 is 0 Å². The first-order chi connectivity index (χ1) is 7.81. The van der Waals surface area contributed by atoms with E-state index >= 15 is 0 Å². The molecule has 0 aromatic heterocycles. The Bertz CT molecular complexity index is 133. The molecule has 0 aliphatic rings. The van der Waals surface area contributed by atoms with E-state index < -0.39 is 0 Å². The normalized spacial score (nSPS) is 12.9. The van der Waals surface area contributed by atoms with Crippen molar-refractivity contribution in [1.82, 2.24) is 0 Å². The summed E-state index contributed by atoms with van der Waals surface area (Å²) in [5, 5.41) is 0.